The highest BCUT2D eigenvalue weighted by molar-refractivity contribution is 7.91. The van der Waals surface area contributed by atoms with Crippen LogP contribution in [0.2, 0.25) is 0 Å². The Morgan fingerprint density at radius 1 is 1.18 bits per heavy atom. The molecule has 0 bridgehead atoms. The highest BCUT2D eigenvalue weighted by Gasteiger charge is 2.33. The van der Waals surface area contributed by atoms with Gasteiger partial charge in [-0.05, 0) is 37.0 Å². The van der Waals surface area contributed by atoms with Gasteiger partial charge in [0, 0.05) is 5.54 Å². The van der Waals surface area contributed by atoms with Crippen LogP contribution in [0.25, 0.3) is 0 Å². The van der Waals surface area contributed by atoms with E-state index in [0.717, 1.165) is 5.56 Å². The van der Waals surface area contributed by atoms with Crippen molar-refractivity contribution in [2.24, 2.45) is 5.73 Å². The SMILES string of the molecule is NC1(Cc2ccc(F)cc2)CCS(=O)(=O)CC1. The van der Waals surface area contributed by atoms with Gasteiger partial charge in [0.05, 0.1) is 11.5 Å². The van der Waals surface area contributed by atoms with Crippen LogP contribution in [0.15, 0.2) is 24.3 Å². The van der Waals surface area contributed by atoms with Crippen LogP contribution in [0, 0.1) is 5.82 Å². The van der Waals surface area contributed by atoms with Crippen molar-refractivity contribution in [3.8, 4) is 0 Å². The summed E-state index contributed by atoms with van der Waals surface area (Å²) >= 11 is 0. The second-order valence-electron chi connectivity index (χ2n) is 4.82. The minimum absolute atomic E-state index is 0.157. The van der Waals surface area contributed by atoms with Crippen LogP contribution in [0.4, 0.5) is 4.39 Å². The maximum Gasteiger partial charge on any atom is 0.150 e. The van der Waals surface area contributed by atoms with E-state index in [4.69, 9.17) is 5.73 Å². The van der Waals surface area contributed by atoms with Crippen LogP contribution in [0.5, 0.6) is 0 Å². The van der Waals surface area contributed by atoms with Gasteiger partial charge in [-0.15, -0.1) is 0 Å². The highest BCUT2D eigenvalue weighted by atomic mass is 32.2. The Bertz CT molecular complexity index is 482. The molecule has 0 radical (unpaired) electrons. The molecule has 0 amide bonds. The average Bonchev–Trinajstić information content (AvgIpc) is 2.27. The van der Waals surface area contributed by atoms with E-state index >= 15 is 0 Å². The largest absolute Gasteiger partial charge is 0.325 e. The first-order valence-corrected chi connectivity index (χ1v) is 7.45. The van der Waals surface area contributed by atoms with Gasteiger partial charge in [-0.1, -0.05) is 12.1 Å². The monoisotopic (exact) mass is 257 g/mol. The summed E-state index contributed by atoms with van der Waals surface area (Å²) in [6.45, 7) is 0. The Morgan fingerprint density at radius 2 is 1.71 bits per heavy atom. The lowest BCUT2D eigenvalue weighted by atomic mass is 9.86. The average molecular weight is 257 g/mol. The molecule has 2 N–H and O–H groups in total. The molecule has 0 saturated carbocycles. The van der Waals surface area contributed by atoms with Gasteiger partial charge >= 0.3 is 0 Å². The number of nitrogens with two attached hydrogens (primary N) is 1. The van der Waals surface area contributed by atoms with Gasteiger partial charge in [0.15, 0.2) is 0 Å². The number of rotatable bonds is 2. The van der Waals surface area contributed by atoms with Gasteiger partial charge in [0.2, 0.25) is 0 Å². The maximum atomic E-state index is 12.8. The fraction of sp³-hybridized carbons (Fsp3) is 0.500. The Balaban J connectivity index is 2.06. The van der Waals surface area contributed by atoms with Crippen LogP contribution in [0.1, 0.15) is 18.4 Å². The zero-order valence-electron chi connectivity index (χ0n) is 9.52. The van der Waals surface area contributed by atoms with Crippen LogP contribution in [-0.2, 0) is 16.3 Å². The highest BCUT2D eigenvalue weighted by Crippen LogP contribution is 2.25. The third kappa shape index (κ3) is 3.26. The summed E-state index contributed by atoms with van der Waals surface area (Å²) in [7, 11) is -2.89. The first-order chi connectivity index (χ1) is 7.89. The van der Waals surface area contributed by atoms with Crippen molar-refractivity contribution in [1.82, 2.24) is 0 Å². The van der Waals surface area contributed by atoms with Crippen molar-refractivity contribution in [1.29, 1.82) is 0 Å². The molecule has 1 aromatic carbocycles. The van der Waals surface area contributed by atoms with E-state index in [1.54, 1.807) is 12.1 Å². The van der Waals surface area contributed by atoms with E-state index in [1.807, 2.05) is 0 Å². The summed E-state index contributed by atoms with van der Waals surface area (Å²) in [5.41, 5.74) is 6.68. The molecule has 2 rings (SSSR count). The molecule has 0 spiro atoms. The van der Waals surface area contributed by atoms with Crippen LogP contribution in [0.3, 0.4) is 0 Å². The molecule has 1 aliphatic rings. The third-order valence-corrected chi connectivity index (χ3v) is 4.94. The molecule has 1 fully saturated rings. The predicted octanol–water partition coefficient (Wildman–Crippen LogP) is 1.27. The number of halogens is 1. The van der Waals surface area contributed by atoms with Gasteiger partial charge in [-0.2, -0.15) is 0 Å². The molecule has 3 nitrogen and oxygen atoms in total. The van der Waals surface area contributed by atoms with Gasteiger partial charge in [0.25, 0.3) is 0 Å². The number of benzene rings is 1. The van der Waals surface area contributed by atoms with Crippen molar-refractivity contribution < 1.29 is 12.8 Å². The lowest BCUT2D eigenvalue weighted by Crippen LogP contribution is -2.48. The number of sulfone groups is 1. The Kier molecular flexibility index (Phi) is 3.23. The number of hydrogen-bond acceptors (Lipinski definition) is 3. The van der Waals surface area contributed by atoms with Crippen LogP contribution in [-0.4, -0.2) is 25.5 Å². The van der Waals surface area contributed by atoms with E-state index in [1.165, 1.54) is 12.1 Å². The fourth-order valence-electron chi connectivity index (χ4n) is 2.13. The molecular weight excluding hydrogens is 241 g/mol. The van der Waals surface area contributed by atoms with E-state index in [-0.39, 0.29) is 17.3 Å². The van der Waals surface area contributed by atoms with E-state index in [9.17, 15) is 12.8 Å². The molecule has 17 heavy (non-hydrogen) atoms. The molecule has 0 aromatic heterocycles. The van der Waals surface area contributed by atoms with Crippen LogP contribution < -0.4 is 5.73 Å². The second-order valence-corrected chi connectivity index (χ2v) is 7.12. The molecule has 0 atom stereocenters. The molecule has 94 valence electrons. The minimum atomic E-state index is -2.89. The van der Waals surface area contributed by atoms with E-state index < -0.39 is 15.4 Å². The first kappa shape index (κ1) is 12.5. The standard InChI is InChI=1S/C12H16FNO2S/c13-11-3-1-10(2-4-11)9-12(14)5-7-17(15,16)8-6-12/h1-4H,5-9,14H2. The Hall–Kier alpha value is -0.940. The topological polar surface area (TPSA) is 60.2 Å². The van der Waals surface area contributed by atoms with Gasteiger partial charge in [-0.3, -0.25) is 0 Å². The van der Waals surface area contributed by atoms with Gasteiger partial charge in [0.1, 0.15) is 15.7 Å². The fourth-order valence-corrected chi connectivity index (χ4v) is 3.77. The first-order valence-electron chi connectivity index (χ1n) is 5.62. The molecule has 1 heterocycles. The summed E-state index contributed by atoms with van der Waals surface area (Å²) in [5, 5.41) is 0. The summed E-state index contributed by atoms with van der Waals surface area (Å²) in [5.74, 6) is 0.0427. The molecule has 0 aliphatic carbocycles. The van der Waals surface area contributed by atoms with Crippen LogP contribution >= 0.6 is 0 Å². The van der Waals surface area contributed by atoms with Crippen molar-refractivity contribution in [3.63, 3.8) is 0 Å². The molecular formula is C12H16FNO2S. The van der Waals surface area contributed by atoms with E-state index in [2.05, 4.69) is 0 Å². The maximum absolute atomic E-state index is 12.8. The molecule has 5 heteroatoms. The normalized spacial score (nSPS) is 22.2. The zero-order valence-corrected chi connectivity index (χ0v) is 10.3. The van der Waals surface area contributed by atoms with Gasteiger partial charge < -0.3 is 5.73 Å². The second kappa shape index (κ2) is 4.38. The summed E-state index contributed by atoms with van der Waals surface area (Å²) in [4.78, 5) is 0. The van der Waals surface area contributed by atoms with Gasteiger partial charge in [-0.25, -0.2) is 12.8 Å². The molecule has 1 aliphatic heterocycles. The molecule has 0 unspecified atom stereocenters. The summed E-state index contributed by atoms with van der Waals surface area (Å²) in [6.07, 6.45) is 1.56. The van der Waals surface area contributed by atoms with Crippen molar-refractivity contribution in [3.05, 3.63) is 35.6 Å². The Labute approximate surface area is 101 Å². The lowest BCUT2D eigenvalue weighted by Gasteiger charge is -2.33. The van der Waals surface area contributed by atoms with Crippen molar-refractivity contribution >= 4 is 9.84 Å². The Morgan fingerprint density at radius 3 is 2.24 bits per heavy atom. The minimum Gasteiger partial charge on any atom is -0.325 e. The predicted molar refractivity (Wildman–Crippen MR) is 64.9 cm³/mol. The molecule has 1 aromatic rings. The smallest absolute Gasteiger partial charge is 0.150 e. The summed E-state index contributed by atoms with van der Waals surface area (Å²) in [6, 6.07) is 6.20. The third-order valence-electron chi connectivity index (χ3n) is 3.29. The molecule has 1 saturated heterocycles. The number of hydrogen-bond donors (Lipinski definition) is 1. The zero-order chi connectivity index (χ0) is 12.5. The van der Waals surface area contributed by atoms with Crippen molar-refractivity contribution in [2.75, 3.05) is 11.5 Å². The quantitative estimate of drug-likeness (QED) is 0.868. The lowest BCUT2D eigenvalue weighted by molar-refractivity contribution is 0.379. The van der Waals surface area contributed by atoms with E-state index in [0.29, 0.717) is 19.3 Å². The van der Waals surface area contributed by atoms with Crippen molar-refractivity contribution in [2.45, 2.75) is 24.8 Å². The summed E-state index contributed by atoms with van der Waals surface area (Å²) < 4.78 is 35.4.